The number of carbonyl (C=O) groups is 1. The lowest BCUT2D eigenvalue weighted by Crippen LogP contribution is -2.27. The predicted molar refractivity (Wildman–Crippen MR) is 98.6 cm³/mol. The van der Waals surface area contributed by atoms with E-state index in [0.29, 0.717) is 12.2 Å². The minimum absolute atomic E-state index is 0.232. The fraction of sp³-hybridized carbons (Fsp3) is 0.350. The van der Waals surface area contributed by atoms with E-state index in [4.69, 9.17) is 14.0 Å². The zero-order valence-electron chi connectivity index (χ0n) is 15.1. The highest BCUT2D eigenvalue weighted by molar-refractivity contribution is 5.80. The maximum Gasteiger partial charge on any atom is 0.333 e. The summed E-state index contributed by atoms with van der Waals surface area (Å²) < 4.78 is 15.7. The van der Waals surface area contributed by atoms with Crippen LogP contribution in [0.3, 0.4) is 0 Å². The molecule has 3 aromatic rings. The van der Waals surface area contributed by atoms with E-state index in [2.05, 4.69) is 10.1 Å². The van der Waals surface area contributed by atoms with Crippen molar-refractivity contribution in [3.63, 3.8) is 0 Å². The molecule has 142 valence electrons. The van der Waals surface area contributed by atoms with E-state index in [0.717, 1.165) is 35.2 Å². The van der Waals surface area contributed by atoms with Gasteiger partial charge in [0.05, 0.1) is 18.9 Å². The van der Waals surface area contributed by atoms with Crippen molar-refractivity contribution in [3.8, 4) is 0 Å². The number of carboxylic acid groups (broad SMARTS) is 1. The summed E-state index contributed by atoms with van der Waals surface area (Å²) in [5.41, 5.74) is 3.33. The molecule has 2 heterocycles. The quantitative estimate of drug-likeness (QED) is 0.548. The number of nitrogens with zero attached hydrogens (tertiary/aromatic N) is 2. The van der Waals surface area contributed by atoms with Crippen LogP contribution in [0.2, 0.25) is 0 Å². The number of fused-ring (bicyclic) bond motifs is 1. The molecule has 0 aliphatic rings. The van der Waals surface area contributed by atoms with Crippen molar-refractivity contribution < 1.29 is 23.9 Å². The number of carboxylic acids is 1. The number of hydrogen-bond donors (Lipinski definition) is 1. The Morgan fingerprint density at radius 1 is 1.22 bits per heavy atom. The molecule has 0 saturated heterocycles. The molecule has 2 aromatic heterocycles. The second-order valence-corrected chi connectivity index (χ2v) is 6.18. The third kappa shape index (κ3) is 5.12. The smallest absolute Gasteiger partial charge is 0.333 e. The van der Waals surface area contributed by atoms with Crippen LogP contribution in [-0.4, -0.2) is 47.6 Å². The number of benzene rings is 1. The van der Waals surface area contributed by atoms with Gasteiger partial charge >= 0.3 is 5.97 Å². The second-order valence-electron chi connectivity index (χ2n) is 6.18. The molecule has 0 radical (unpaired) electrons. The summed E-state index contributed by atoms with van der Waals surface area (Å²) in [5.74, 6) is -1.00. The molecule has 27 heavy (non-hydrogen) atoms. The van der Waals surface area contributed by atoms with Gasteiger partial charge in [0.15, 0.2) is 11.7 Å². The first-order valence-electron chi connectivity index (χ1n) is 8.78. The van der Waals surface area contributed by atoms with Crippen molar-refractivity contribution in [1.82, 2.24) is 10.1 Å². The van der Waals surface area contributed by atoms with Gasteiger partial charge in [0, 0.05) is 30.8 Å². The first-order chi connectivity index (χ1) is 13.2. The van der Waals surface area contributed by atoms with Crippen LogP contribution in [0.15, 0.2) is 47.1 Å². The van der Waals surface area contributed by atoms with Crippen molar-refractivity contribution in [1.29, 1.82) is 0 Å². The Kier molecular flexibility index (Phi) is 6.51. The lowest BCUT2D eigenvalue weighted by molar-refractivity contribution is -0.151. The van der Waals surface area contributed by atoms with Gasteiger partial charge in [0.25, 0.3) is 0 Å². The number of aryl methyl sites for hydroxylation is 2. The van der Waals surface area contributed by atoms with Crippen LogP contribution in [0, 0.1) is 0 Å². The Morgan fingerprint density at radius 3 is 2.85 bits per heavy atom. The summed E-state index contributed by atoms with van der Waals surface area (Å²) in [6.45, 7) is 0.584. The molecule has 0 aliphatic carbocycles. The molecule has 0 fully saturated rings. The van der Waals surface area contributed by atoms with E-state index in [1.807, 2.05) is 36.4 Å². The Balaban J connectivity index is 1.67. The van der Waals surface area contributed by atoms with Crippen LogP contribution in [0.4, 0.5) is 0 Å². The largest absolute Gasteiger partial charge is 0.479 e. The van der Waals surface area contributed by atoms with Crippen molar-refractivity contribution in [2.24, 2.45) is 0 Å². The van der Waals surface area contributed by atoms with Gasteiger partial charge in [-0.25, -0.2) is 4.79 Å². The molecule has 7 heteroatoms. The molecule has 7 nitrogen and oxygen atoms in total. The van der Waals surface area contributed by atoms with Crippen molar-refractivity contribution in [3.05, 3.63) is 59.5 Å². The molecule has 1 unspecified atom stereocenters. The maximum absolute atomic E-state index is 11.4. The average Bonchev–Trinajstić information content (AvgIpc) is 3.08. The predicted octanol–water partition coefficient (Wildman–Crippen LogP) is 2.67. The molecule has 0 aliphatic heterocycles. The number of pyridine rings is 1. The van der Waals surface area contributed by atoms with Gasteiger partial charge in [-0.3, -0.25) is 4.98 Å². The SMILES string of the molecule is COCCOC(Cc1ccc2c(CCc3ccccn3)noc2c1)C(=O)O. The molecule has 1 N–H and O–H groups in total. The molecule has 0 amide bonds. The zero-order valence-corrected chi connectivity index (χ0v) is 15.1. The van der Waals surface area contributed by atoms with Crippen LogP contribution >= 0.6 is 0 Å². The molecule has 3 rings (SSSR count). The van der Waals surface area contributed by atoms with E-state index in [1.54, 1.807) is 13.3 Å². The van der Waals surface area contributed by atoms with E-state index in [-0.39, 0.29) is 13.0 Å². The number of aromatic nitrogens is 2. The second kappa shape index (κ2) is 9.25. The topological polar surface area (TPSA) is 94.7 Å². The highest BCUT2D eigenvalue weighted by Gasteiger charge is 2.19. The third-order valence-electron chi connectivity index (χ3n) is 4.26. The summed E-state index contributed by atoms with van der Waals surface area (Å²) in [4.78, 5) is 15.7. The molecule has 1 aromatic carbocycles. The Hall–Kier alpha value is -2.77. The molecule has 0 saturated carbocycles. The minimum atomic E-state index is -1.00. The number of ether oxygens (including phenoxy) is 2. The molecular formula is C20H22N2O5. The van der Waals surface area contributed by atoms with Crippen molar-refractivity contribution >= 4 is 16.9 Å². The number of methoxy groups -OCH3 is 1. The third-order valence-corrected chi connectivity index (χ3v) is 4.26. The van der Waals surface area contributed by atoms with Gasteiger partial charge in [-0.1, -0.05) is 17.3 Å². The van der Waals surface area contributed by atoms with Crippen LogP contribution < -0.4 is 0 Å². The normalized spacial score (nSPS) is 12.3. The van der Waals surface area contributed by atoms with Crippen molar-refractivity contribution in [2.45, 2.75) is 25.4 Å². The van der Waals surface area contributed by atoms with Gasteiger partial charge in [-0.15, -0.1) is 0 Å². The lowest BCUT2D eigenvalue weighted by Gasteiger charge is -2.13. The monoisotopic (exact) mass is 370 g/mol. The summed E-state index contributed by atoms with van der Waals surface area (Å²) in [5, 5.41) is 14.4. The average molecular weight is 370 g/mol. The molecular weight excluding hydrogens is 348 g/mol. The standard InChI is InChI=1S/C20H22N2O5/c1-25-10-11-26-19(20(23)24)13-14-5-7-16-17(22-27-18(16)12-14)8-6-15-4-2-3-9-21-15/h2-5,7,9,12,19H,6,8,10-11,13H2,1H3,(H,23,24). The van der Waals surface area contributed by atoms with Crippen LogP contribution in [0.25, 0.3) is 11.0 Å². The molecule has 0 spiro atoms. The molecule has 0 bridgehead atoms. The number of aliphatic carboxylic acids is 1. The van der Waals surface area contributed by atoms with Gasteiger partial charge in [-0.2, -0.15) is 0 Å². The summed E-state index contributed by atoms with van der Waals surface area (Å²) in [6, 6.07) is 11.5. The fourth-order valence-corrected chi connectivity index (χ4v) is 2.84. The summed E-state index contributed by atoms with van der Waals surface area (Å²) in [6.07, 6.45) is 2.60. The highest BCUT2D eigenvalue weighted by atomic mass is 16.5. The first kappa shape index (κ1) is 19.0. The fourth-order valence-electron chi connectivity index (χ4n) is 2.84. The zero-order chi connectivity index (χ0) is 19.1. The number of hydrogen-bond acceptors (Lipinski definition) is 6. The van der Waals surface area contributed by atoms with E-state index >= 15 is 0 Å². The van der Waals surface area contributed by atoms with Crippen LogP contribution in [0.1, 0.15) is 17.0 Å². The van der Waals surface area contributed by atoms with Gasteiger partial charge in [0.1, 0.15) is 0 Å². The van der Waals surface area contributed by atoms with Gasteiger partial charge in [0.2, 0.25) is 0 Å². The highest BCUT2D eigenvalue weighted by Crippen LogP contribution is 2.22. The van der Waals surface area contributed by atoms with Crippen LogP contribution in [0.5, 0.6) is 0 Å². The summed E-state index contributed by atoms with van der Waals surface area (Å²) >= 11 is 0. The Bertz CT molecular complexity index is 878. The summed E-state index contributed by atoms with van der Waals surface area (Å²) in [7, 11) is 1.54. The minimum Gasteiger partial charge on any atom is -0.479 e. The molecule has 1 atom stereocenters. The van der Waals surface area contributed by atoms with Crippen molar-refractivity contribution in [2.75, 3.05) is 20.3 Å². The van der Waals surface area contributed by atoms with E-state index in [1.165, 1.54) is 0 Å². The van der Waals surface area contributed by atoms with E-state index in [9.17, 15) is 9.90 Å². The van der Waals surface area contributed by atoms with E-state index < -0.39 is 12.1 Å². The maximum atomic E-state index is 11.4. The Labute approximate surface area is 156 Å². The number of rotatable bonds is 10. The Morgan fingerprint density at radius 2 is 2.11 bits per heavy atom. The van der Waals surface area contributed by atoms with Gasteiger partial charge in [-0.05, 0) is 42.7 Å². The lowest BCUT2D eigenvalue weighted by atomic mass is 10.0. The van der Waals surface area contributed by atoms with Gasteiger partial charge < -0.3 is 19.1 Å². The van der Waals surface area contributed by atoms with Crippen LogP contribution in [-0.2, 0) is 33.5 Å². The first-order valence-corrected chi connectivity index (χ1v) is 8.78.